The Hall–Kier alpha value is -1.60. The molecule has 0 saturated carbocycles. The highest BCUT2D eigenvalue weighted by Crippen LogP contribution is 2.33. The van der Waals surface area contributed by atoms with Crippen LogP contribution in [0.15, 0.2) is 24.3 Å². The zero-order chi connectivity index (χ0) is 17.4. The minimum atomic E-state index is -4.41. The van der Waals surface area contributed by atoms with Gasteiger partial charge in [0, 0.05) is 12.5 Å². The lowest BCUT2D eigenvalue weighted by Crippen LogP contribution is -2.34. The molecule has 1 heterocycles. The van der Waals surface area contributed by atoms with Crippen LogP contribution in [0, 0.1) is 5.41 Å². The van der Waals surface area contributed by atoms with Crippen molar-refractivity contribution in [2.24, 2.45) is 11.1 Å². The molecular formula is C16H21F3N2O2. The Morgan fingerprint density at radius 2 is 1.96 bits per heavy atom. The van der Waals surface area contributed by atoms with Gasteiger partial charge in [-0.2, -0.15) is 13.2 Å². The molecule has 7 heteroatoms. The number of carbonyl (C=O) groups excluding carboxylic acids is 1. The summed E-state index contributed by atoms with van der Waals surface area (Å²) in [6.45, 7) is 5.19. The molecular weight excluding hydrogens is 309 g/mol. The summed E-state index contributed by atoms with van der Waals surface area (Å²) in [7, 11) is 0. The summed E-state index contributed by atoms with van der Waals surface area (Å²) in [6.07, 6.45) is -4.66. The number of ether oxygens (including phenoxy) is 1. The van der Waals surface area contributed by atoms with E-state index < -0.39 is 35.5 Å². The van der Waals surface area contributed by atoms with Crippen LogP contribution >= 0.6 is 0 Å². The first-order chi connectivity index (χ1) is 10.5. The summed E-state index contributed by atoms with van der Waals surface area (Å²) in [4.78, 5) is 11.9. The molecule has 1 saturated heterocycles. The van der Waals surface area contributed by atoms with Crippen LogP contribution in [0.4, 0.5) is 13.2 Å². The smallest absolute Gasteiger partial charge is 0.416 e. The van der Waals surface area contributed by atoms with Gasteiger partial charge in [-0.1, -0.05) is 12.1 Å². The number of hydrogen-bond donors (Lipinski definition) is 2. The van der Waals surface area contributed by atoms with E-state index in [1.54, 1.807) is 26.8 Å². The molecule has 1 aromatic rings. The summed E-state index contributed by atoms with van der Waals surface area (Å²) in [6, 6.07) is 4.10. The number of esters is 1. The highest BCUT2D eigenvalue weighted by Gasteiger charge is 2.37. The molecule has 3 unspecified atom stereocenters. The summed E-state index contributed by atoms with van der Waals surface area (Å²) in [5.41, 5.74) is 5.07. The van der Waals surface area contributed by atoms with Gasteiger partial charge in [-0.25, -0.2) is 0 Å². The van der Waals surface area contributed by atoms with E-state index in [0.29, 0.717) is 12.0 Å². The molecule has 0 radical (unpaired) electrons. The molecule has 1 aliphatic rings. The zero-order valence-corrected chi connectivity index (χ0v) is 13.3. The Bertz CT molecular complexity index is 581. The van der Waals surface area contributed by atoms with Gasteiger partial charge < -0.3 is 10.5 Å². The van der Waals surface area contributed by atoms with Crippen LogP contribution in [0.1, 0.15) is 44.4 Å². The second kappa shape index (κ2) is 6.13. The number of rotatable bonds is 2. The molecule has 0 aromatic heterocycles. The predicted octanol–water partition coefficient (Wildman–Crippen LogP) is 2.98. The molecule has 3 N–H and O–H groups in total. The number of hydrogen-bond acceptors (Lipinski definition) is 4. The van der Waals surface area contributed by atoms with Gasteiger partial charge in [-0.15, -0.1) is 0 Å². The molecule has 1 fully saturated rings. The van der Waals surface area contributed by atoms with Crippen LogP contribution < -0.4 is 11.1 Å². The lowest BCUT2D eigenvalue weighted by molar-refractivity contribution is -0.159. The maximum absolute atomic E-state index is 12.8. The van der Waals surface area contributed by atoms with Crippen LogP contribution in [0.5, 0.6) is 0 Å². The van der Waals surface area contributed by atoms with Crippen molar-refractivity contribution in [2.45, 2.75) is 51.7 Å². The predicted molar refractivity (Wildman–Crippen MR) is 79.2 cm³/mol. The van der Waals surface area contributed by atoms with Crippen LogP contribution in [0.2, 0.25) is 0 Å². The fraction of sp³-hybridized carbons (Fsp3) is 0.562. The van der Waals surface area contributed by atoms with Gasteiger partial charge in [0.15, 0.2) is 6.23 Å². The summed E-state index contributed by atoms with van der Waals surface area (Å²) < 4.78 is 43.8. The maximum atomic E-state index is 12.8. The van der Waals surface area contributed by atoms with E-state index in [-0.39, 0.29) is 5.97 Å². The highest BCUT2D eigenvalue weighted by molar-refractivity contribution is 5.75. The average molecular weight is 330 g/mol. The molecule has 0 spiro atoms. The average Bonchev–Trinajstić information content (AvgIpc) is 2.77. The number of benzene rings is 1. The van der Waals surface area contributed by atoms with Gasteiger partial charge in [0.25, 0.3) is 0 Å². The molecule has 0 aliphatic carbocycles. The Labute approximate surface area is 133 Å². The lowest BCUT2D eigenvalue weighted by Gasteiger charge is -2.21. The first-order valence-electron chi connectivity index (χ1n) is 7.38. The van der Waals surface area contributed by atoms with Crippen LogP contribution in [0.25, 0.3) is 0 Å². The molecule has 0 bridgehead atoms. The first-order valence-corrected chi connectivity index (χ1v) is 7.38. The lowest BCUT2D eigenvalue weighted by atomic mass is 9.97. The molecule has 3 atom stereocenters. The summed E-state index contributed by atoms with van der Waals surface area (Å²) >= 11 is 0. The molecule has 23 heavy (non-hydrogen) atoms. The minimum absolute atomic E-state index is 0.350. The van der Waals surface area contributed by atoms with Gasteiger partial charge in [-0.3, -0.25) is 10.1 Å². The largest absolute Gasteiger partial charge is 0.446 e. The third-order valence-electron chi connectivity index (χ3n) is 3.71. The van der Waals surface area contributed by atoms with Crippen molar-refractivity contribution in [3.63, 3.8) is 0 Å². The number of alkyl halides is 3. The molecule has 4 nitrogen and oxygen atoms in total. The van der Waals surface area contributed by atoms with Crippen LogP contribution in [-0.2, 0) is 15.7 Å². The highest BCUT2D eigenvalue weighted by atomic mass is 19.4. The van der Waals surface area contributed by atoms with Gasteiger partial charge in [-0.05, 0) is 38.5 Å². The van der Waals surface area contributed by atoms with Crippen molar-refractivity contribution < 1.29 is 22.7 Å². The van der Waals surface area contributed by atoms with Crippen LogP contribution in [0.3, 0.4) is 0 Å². The Morgan fingerprint density at radius 3 is 2.52 bits per heavy atom. The Balaban J connectivity index is 2.12. The minimum Gasteiger partial charge on any atom is -0.446 e. The fourth-order valence-electron chi connectivity index (χ4n) is 2.42. The molecule has 1 aromatic carbocycles. The Morgan fingerprint density at radius 1 is 1.30 bits per heavy atom. The van der Waals surface area contributed by atoms with Gasteiger partial charge in [0.2, 0.25) is 0 Å². The van der Waals surface area contributed by atoms with E-state index in [0.717, 1.165) is 12.1 Å². The Kier molecular flexibility index (Phi) is 4.73. The van der Waals surface area contributed by atoms with Crippen molar-refractivity contribution in [2.75, 3.05) is 0 Å². The van der Waals surface area contributed by atoms with Crippen molar-refractivity contribution in [3.05, 3.63) is 35.4 Å². The second-order valence-electron chi connectivity index (χ2n) is 6.81. The number of nitrogens with two attached hydrogens (primary N) is 1. The number of nitrogens with one attached hydrogen (secondary N) is 1. The molecule has 1 aliphatic heterocycles. The fourth-order valence-corrected chi connectivity index (χ4v) is 2.42. The summed E-state index contributed by atoms with van der Waals surface area (Å²) in [5.74, 6) is -0.383. The number of halogens is 3. The van der Waals surface area contributed by atoms with Crippen molar-refractivity contribution in [1.29, 1.82) is 0 Å². The maximum Gasteiger partial charge on any atom is 0.416 e. The zero-order valence-electron chi connectivity index (χ0n) is 13.3. The van der Waals surface area contributed by atoms with E-state index in [4.69, 9.17) is 10.5 Å². The summed E-state index contributed by atoms with van der Waals surface area (Å²) in [5, 5.41) is 3.00. The van der Waals surface area contributed by atoms with Crippen molar-refractivity contribution >= 4 is 5.97 Å². The SMILES string of the molecule is CC(C)(C)C(=O)OC1CC(N)C(c2cccc(C(F)(F)F)c2)N1. The van der Waals surface area contributed by atoms with Gasteiger partial charge in [0.05, 0.1) is 17.0 Å². The van der Waals surface area contributed by atoms with Crippen LogP contribution in [-0.4, -0.2) is 18.2 Å². The number of carbonyl (C=O) groups is 1. The molecule has 128 valence electrons. The van der Waals surface area contributed by atoms with Crippen molar-refractivity contribution in [1.82, 2.24) is 5.32 Å². The van der Waals surface area contributed by atoms with Gasteiger partial charge >= 0.3 is 12.1 Å². The quantitative estimate of drug-likeness (QED) is 0.818. The normalized spacial score (nSPS) is 25.4. The second-order valence-corrected chi connectivity index (χ2v) is 6.81. The van der Waals surface area contributed by atoms with Gasteiger partial charge in [0.1, 0.15) is 0 Å². The standard InChI is InChI=1S/C16H21F3N2O2/c1-15(2,3)14(22)23-12-8-11(20)13(21-12)9-5-4-6-10(7-9)16(17,18)19/h4-7,11-13,21H,8,20H2,1-3H3. The molecule has 0 amide bonds. The topological polar surface area (TPSA) is 64.3 Å². The first kappa shape index (κ1) is 17.7. The van der Waals surface area contributed by atoms with E-state index in [1.807, 2.05) is 0 Å². The monoisotopic (exact) mass is 330 g/mol. The third kappa shape index (κ3) is 4.23. The van der Waals surface area contributed by atoms with E-state index in [1.165, 1.54) is 6.07 Å². The van der Waals surface area contributed by atoms with E-state index in [2.05, 4.69) is 5.32 Å². The van der Waals surface area contributed by atoms with E-state index in [9.17, 15) is 18.0 Å². The molecule has 2 rings (SSSR count). The van der Waals surface area contributed by atoms with E-state index >= 15 is 0 Å². The van der Waals surface area contributed by atoms with Crippen molar-refractivity contribution in [3.8, 4) is 0 Å². The third-order valence-corrected chi connectivity index (χ3v) is 3.71.